The summed E-state index contributed by atoms with van der Waals surface area (Å²) in [5.74, 6) is -0.260. The average molecular weight is 495 g/mol. The molecule has 1 amide bonds. The number of hydrogen-bond donors (Lipinski definition) is 2. The Balaban J connectivity index is 1.58. The molecule has 0 fully saturated rings. The van der Waals surface area contributed by atoms with Crippen LogP contribution in [-0.4, -0.2) is 24.1 Å². The lowest BCUT2D eigenvalue weighted by Gasteiger charge is -2.14. The van der Waals surface area contributed by atoms with Crippen LogP contribution in [0, 0.1) is 0 Å². The average Bonchev–Trinajstić information content (AvgIpc) is 3.32. The second-order valence-corrected chi connectivity index (χ2v) is 10.7. The molecule has 3 N–H and O–H groups in total. The third kappa shape index (κ3) is 4.30. The Labute approximate surface area is 181 Å². The summed E-state index contributed by atoms with van der Waals surface area (Å²) in [5, 5.41) is 12.6. The number of nitrogens with two attached hydrogens (primary N) is 1. The normalized spacial score (nSPS) is 13.9. The maximum absolute atomic E-state index is 12.9. The zero-order valence-corrected chi connectivity index (χ0v) is 18.6. The molecule has 0 saturated carbocycles. The zero-order valence-electron chi connectivity index (χ0n) is 15.4. The molecule has 1 aliphatic carbocycles. The summed E-state index contributed by atoms with van der Waals surface area (Å²) in [6.07, 6.45) is 3.81. The molecule has 1 aromatic carbocycles. The highest BCUT2D eigenvalue weighted by Crippen LogP contribution is 2.28. The number of nitrogens with one attached hydrogen (secondary N) is 1. The van der Waals surface area contributed by atoms with E-state index in [4.69, 9.17) is 5.14 Å². The van der Waals surface area contributed by atoms with E-state index in [2.05, 4.69) is 26.3 Å². The van der Waals surface area contributed by atoms with Crippen LogP contribution in [0.1, 0.15) is 39.5 Å². The molecule has 0 saturated heterocycles. The van der Waals surface area contributed by atoms with Crippen LogP contribution in [0.5, 0.6) is 0 Å². The number of thiophene rings is 1. The summed E-state index contributed by atoms with van der Waals surface area (Å²) in [6.45, 7) is 0.221. The summed E-state index contributed by atoms with van der Waals surface area (Å²) in [6, 6.07) is 10.9. The quantitative estimate of drug-likeness (QED) is 0.567. The van der Waals surface area contributed by atoms with Crippen molar-refractivity contribution in [2.24, 2.45) is 5.14 Å². The van der Waals surface area contributed by atoms with Crippen LogP contribution in [0.25, 0.3) is 5.69 Å². The van der Waals surface area contributed by atoms with Gasteiger partial charge in [0.2, 0.25) is 10.0 Å². The molecule has 29 heavy (non-hydrogen) atoms. The van der Waals surface area contributed by atoms with E-state index in [0.29, 0.717) is 10.6 Å². The molecule has 10 heteroatoms. The fourth-order valence-electron chi connectivity index (χ4n) is 3.43. The highest BCUT2D eigenvalue weighted by atomic mass is 79.9. The van der Waals surface area contributed by atoms with Crippen LogP contribution < -0.4 is 10.5 Å². The Morgan fingerprint density at radius 2 is 1.90 bits per heavy atom. The van der Waals surface area contributed by atoms with Gasteiger partial charge in [-0.3, -0.25) is 4.79 Å². The summed E-state index contributed by atoms with van der Waals surface area (Å²) >= 11 is 4.49. The molecular weight excluding hydrogens is 476 g/mol. The van der Waals surface area contributed by atoms with E-state index in [9.17, 15) is 13.2 Å². The molecule has 152 valence electrons. The van der Waals surface area contributed by atoms with Gasteiger partial charge in [-0.2, -0.15) is 5.10 Å². The van der Waals surface area contributed by atoms with Gasteiger partial charge in [0.1, 0.15) is 4.21 Å². The lowest BCUT2D eigenvalue weighted by atomic mass is 9.95. The van der Waals surface area contributed by atoms with Gasteiger partial charge in [0.25, 0.3) is 5.91 Å². The second-order valence-electron chi connectivity index (χ2n) is 6.82. The van der Waals surface area contributed by atoms with Gasteiger partial charge < -0.3 is 5.32 Å². The van der Waals surface area contributed by atoms with Crippen LogP contribution in [0.15, 0.2) is 45.1 Å². The molecule has 0 aliphatic heterocycles. The lowest BCUT2D eigenvalue weighted by molar-refractivity contribution is 0.0945. The predicted molar refractivity (Wildman–Crippen MR) is 115 cm³/mol. The number of hydrogen-bond acceptors (Lipinski definition) is 5. The van der Waals surface area contributed by atoms with Crippen molar-refractivity contribution in [2.75, 3.05) is 0 Å². The minimum absolute atomic E-state index is 0.0821. The van der Waals surface area contributed by atoms with Crippen LogP contribution >= 0.6 is 27.3 Å². The van der Waals surface area contributed by atoms with Gasteiger partial charge in [-0.05, 0) is 62.1 Å². The van der Waals surface area contributed by atoms with E-state index >= 15 is 0 Å². The first-order chi connectivity index (χ1) is 13.8. The molecule has 0 bridgehead atoms. The summed E-state index contributed by atoms with van der Waals surface area (Å²) < 4.78 is 25.7. The first-order valence-electron chi connectivity index (χ1n) is 9.09. The fourth-order valence-corrected chi connectivity index (χ4v) is 5.42. The summed E-state index contributed by atoms with van der Waals surface area (Å²) in [7, 11) is -3.73. The summed E-state index contributed by atoms with van der Waals surface area (Å²) in [5.41, 5.74) is 3.43. The smallest absolute Gasteiger partial charge is 0.272 e. The van der Waals surface area contributed by atoms with E-state index < -0.39 is 10.0 Å². The van der Waals surface area contributed by atoms with Gasteiger partial charge in [0.15, 0.2) is 5.69 Å². The highest BCUT2D eigenvalue weighted by Gasteiger charge is 2.25. The zero-order chi connectivity index (χ0) is 20.6. The minimum atomic E-state index is -3.73. The fraction of sp³-hybridized carbons (Fsp3) is 0.263. The highest BCUT2D eigenvalue weighted by molar-refractivity contribution is 9.10. The Kier molecular flexibility index (Phi) is 5.60. The lowest BCUT2D eigenvalue weighted by Crippen LogP contribution is -2.24. The summed E-state index contributed by atoms with van der Waals surface area (Å²) in [4.78, 5) is 13.6. The molecule has 4 rings (SSSR count). The maximum atomic E-state index is 12.9. The second kappa shape index (κ2) is 8.02. The minimum Gasteiger partial charge on any atom is -0.346 e. The Morgan fingerprint density at radius 3 is 2.59 bits per heavy atom. The van der Waals surface area contributed by atoms with Crippen molar-refractivity contribution in [3.05, 3.63) is 62.7 Å². The third-order valence-corrected chi connectivity index (χ3v) is 7.86. The number of carbonyl (C=O) groups is 1. The Hall–Kier alpha value is -2.01. The number of amides is 1. The van der Waals surface area contributed by atoms with E-state index in [1.807, 2.05) is 28.9 Å². The van der Waals surface area contributed by atoms with Crippen LogP contribution in [0.4, 0.5) is 0 Å². The van der Waals surface area contributed by atoms with Crippen molar-refractivity contribution < 1.29 is 13.2 Å². The Morgan fingerprint density at radius 1 is 1.17 bits per heavy atom. The number of sulfonamides is 1. The number of aromatic nitrogens is 2. The number of carbonyl (C=O) groups excluding carboxylic acids is 1. The number of fused-ring (bicyclic) bond motifs is 1. The molecule has 0 unspecified atom stereocenters. The van der Waals surface area contributed by atoms with Gasteiger partial charge in [-0.15, -0.1) is 11.3 Å². The monoisotopic (exact) mass is 494 g/mol. The van der Waals surface area contributed by atoms with Gasteiger partial charge in [0.05, 0.1) is 12.2 Å². The molecule has 0 atom stereocenters. The number of rotatable bonds is 5. The van der Waals surface area contributed by atoms with Crippen molar-refractivity contribution >= 4 is 43.2 Å². The topological polar surface area (TPSA) is 107 Å². The Bertz CT molecular complexity index is 1170. The SMILES string of the molecule is NS(=O)(=O)c1ccc(CNC(=O)c2nn(-c3ccc(Br)cc3)c3c2CCCC3)s1. The molecule has 2 heterocycles. The molecular formula is C19H19BrN4O3S2. The molecule has 0 radical (unpaired) electrons. The number of nitrogens with zero attached hydrogens (tertiary/aromatic N) is 2. The maximum Gasteiger partial charge on any atom is 0.272 e. The van der Waals surface area contributed by atoms with Crippen molar-refractivity contribution in [1.29, 1.82) is 0 Å². The molecule has 7 nitrogen and oxygen atoms in total. The first kappa shape index (κ1) is 20.3. The van der Waals surface area contributed by atoms with Gasteiger partial charge in [-0.1, -0.05) is 15.9 Å². The van der Waals surface area contributed by atoms with Crippen LogP contribution in [-0.2, 0) is 29.4 Å². The number of benzene rings is 1. The van der Waals surface area contributed by atoms with E-state index in [1.54, 1.807) is 6.07 Å². The predicted octanol–water partition coefficient (Wildman–Crippen LogP) is 3.15. The van der Waals surface area contributed by atoms with Crippen LogP contribution in [0.2, 0.25) is 0 Å². The molecule has 1 aliphatic rings. The van der Waals surface area contributed by atoms with Crippen molar-refractivity contribution in [3.8, 4) is 5.69 Å². The van der Waals surface area contributed by atoms with Crippen molar-refractivity contribution in [1.82, 2.24) is 15.1 Å². The largest absolute Gasteiger partial charge is 0.346 e. The van der Waals surface area contributed by atoms with Crippen molar-refractivity contribution in [2.45, 2.75) is 36.4 Å². The number of halogens is 1. The van der Waals surface area contributed by atoms with E-state index in [-0.39, 0.29) is 16.7 Å². The van der Waals surface area contributed by atoms with E-state index in [1.165, 1.54) is 6.07 Å². The third-order valence-electron chi connectivity index (χ3n) is 4.81. The molecule has 3 aromatic rings. The number of primary sulfonamides is 1. The molecule has 0 spiro atoms. The standard InChI is InChI=1S/C19H19BrN4O3S2/c20-12-5-7-13(8-6-12)24-16-4-2-1-3-15(16)18(23-24)19(25)22-11-14-9-10-17(28-14)29(21,26)27/h5-10H,1-4,11H2,(H,22,25)(H2,21,26,27). The van der Waals surface area contributed by atoms with Crippen LogP contribution in [0.3, 0.4) is 0 Å². The first-order valence-corrected chi connectivity index (χ1v) is 12.2. The van der Waals surface area contributed by atoms with E-state index in [0.717, 1.165) is 58.4 Å². The van der Waals surface area contributed by atoms with Gasteiger partial charge in [-0.25, -0.2) is 18.2 Å². The van der Waals surface area contributed by atoms with Gasteiger partial charge >= 0.3 is 0 Å². The van der Waals surface area contributed by atoms with Crippen molar-refractivity contribution in [3.63, 3.8) is 0 Å². The molecule has 2 aromatic heterocycles. The van der Waals surface area contributed by atoms with Gasteiger partial charge in [0, 0.05) is 20.6 Å².